The van der Waals surface area contributed by atoms with Crippen LogP contribution in [-0.4, -0.2) is 88.7 Å². The minimum Gasteiger partial charge on any atom is -0.481 e. The number of carboxylic acid groups (broad SMARTS) is 1. The van der Waals surface area contributed by atoms with Crippen LogP contribution in [0.25, 0.3) is 0 Å². The van der Waals surface area contributed by atoms with Gasteiger partial charge in [0.05, 0.1) is 5.92 Å². The van der Waals surface area contributed by atoms with Gasteiger partial charge in [-0.3, -0.25) is 14.5 Å². The maximum absolute atomic E-state index is 12.4. The molecule has 2 aliphatic rings. The average molecular weight is 355 g/mol. The van der Waals surface area contributed by atoms with E-state index in [4.69, 9.17) is 4.74 Å². The minimum absolute atomic E-state index is 0.0310. The molecule has 0 unspecified atom stereocenters. The highest BCUT2D eigenvalue weighted by Crippen LogP contribution is 2.24. The van der Waals surface area contributed by atoms with Gasteiger partial charge in [-0.1, -0.05) is 0 Å². The molecule has 2 fully saturated rings. The first-order chi connectivity index (χ1) is 11.6. The molecule has 0 aromatic carbocycles. The highest BCUT2D eigenvalue weighted by atomic mass is 16.6. The van der Waals surface area contributed by atoms with Crippen LogP contribution in [0.4, 0.5) is 4.79 Å². The van der Waals surface area contributed by atoms with Gasteiger partial charge in [0.1, 0.15) is 5.60 Å². The molecular formula is C17H29N3O5. The zero-order chi connectivity index (χ0) is 18.8. The topological polar surface area (TPSA) is 90.4 Å². The van der Waals surface area contributed by atoms with Crippen molar-refractivity contribution in [1.82, 2.24) is 14.7 Å². The summed E-state index contributed by atoms with van der Waals surface area (Å²) >= 11 is 0. The lowest BCUT2D eigenvalue weighted by molar-refractivity contribution is -0.144. The van der Waals surface area contributed by atoms with Crippen molar-refractivity contribution in [2.45, 2.75) is 45.8 Å². The predicted molar refractivity (Wildman–Crippen MR) is 91.2 cm³/mol. The normalized spacial score (nSPS) is 25.6. The molecule has 8 heteroatoms. The highest BCUT2D eigenvalue weighted by Gasteiger charge is 2.38. The fraction of sp³-hybridized carbons (Fsp3) is 0.824. The number of carbonyl (C=O) groups is 3. The number of piperazine rings is 1. The van der Waals surface area contributed by atoms with Gasteiger partial charge >= 0.3 is 12.1 Å². The van der Waals surface area contributed by atoms with Crippen molar-refractivity contribution >= 4 is 18.0 Å². The summed E-state index contributed by atoms with van der Waals surface area (Å²) in [5, 5.41) is 9.45. The molecule has 142 valence electrons. The van der Waals surface area contributed by atoms with Crippen molar-refractivity contribution in [2.75, 3.05) is 39.3 Å². The van der Waals surface area contributed by atoms with E-state index in [1.165, 1.54) is 4.90 Å². The molecule has 2 atom stereocenters. The van der Waals surface area contributed by atoms with Crippen molar-refractivity contribution in [3.05, 3.63) is 0 Å². The molecule has 0 aromatic heterocycles. The third-order valence-corrected chi connectivity index (χ3v) is 4.71. The number of amides is 2. The van der Waals surface area contributed by atoms with Gasteiger partial charge in [-0.15, -0.1) is 0 Å². The molecule has 0 bridgehead atoms. The van der Waals surface area contributed by atoms with Crippen LogP contribution in [0, 0.1) is 5.92 Å². The fourth-order valence-corrected chi connectivity index (χ4v) is 3.39. The quantitative estimate of drug-likeness (QED) is 0.790. The van der Waals surface area contributed by atoms with Crippen LogP contribution in [0.1, 0.15) is 34.1 Å². The first-order valence-electron chi connectivity index (χ1n) is 8.77. The molecule has 1 N–H and O–H groups in total. The van der Waals surface area contributed by atoms with Gasteiger partial charge in [-0.25, -0.2) is 4.79 Å². The Morgan fingerprint density at radius 1 is 1.00 bits per heavy atom. The van der Waals surface area contributed by atoms with E-state index in [9.17, 15) is 19.5 Å². The third-order valence-electron chi connectivity index (χ3n) is 4.71. The lowest BCUT2D eigenvalue weighted by Gasteiger charge is -2.44. The largest absolute Gasteiger partial charge is 0.481 e. The molecule has 8 nitrogen and oxygen atoms in total. The number of aliphatic carboxylic acids is 1. The van der Waals surface area contributed by atoms with Gasteiger partial charge in [0.2, 0.25) is 5.91 Å². The van der Waals surface area contributed by atoms with Crippen molar-refractivity contribution in [3.63, 3.8) is 0 Å². The van der Waals surface area contributed by atoms with E-state index in [2.05, 4.69) is 4.90 Å². The van der Waals surface area contributed by atoms with E-state index in [0.29, 0.717) is 39.1 Å². The average Bonchev–Trinajstić information content (AvgIpc) is 2.52. The first kappa shape index (κ1) is 19.5. The molecule has 0 spiro atoms. The molecule has 0 saturated carbocycles. The van der Waals surface area contributed by atoms with Crippen LogP contribution in [-0.2, 0) is 14.3 Å². The SMILES string of the molecule is CC(=O)N1CCN([C@H]2C[C@@H](C(=O)O)CN(C(=O)OC(C)(C)C)C2)CC1. The summed E-state index contributed by atoms with van der Waals surface area (Å²) in [5.74, 6) is -1.43. The Morgan fingerprint density at radius 3 is 2.08 bits per heavy atom. The lowest BCUT2D eigenvalue weighted by atomic mass is 9.93. The van der Waals surface area contributed by atoms with Crippen molar-refractivity contribution in [1.29, 1.82) is 0 Å². The van der Waals surface area contributed by atoms with Gasteiger partial charge < -0.3 is 19.6 Å². The van der Waals surface area contributed by atoms with Crippen molar-refractivity contribution in [3.8, 4) is 0 Å². The molecule has 0 aliphatic carbocycles. The van der Waals surface area contributed by atoms with Crippen LogP contribution in [0.5, 0.6) is 0 Å². The number of ether oxygens (including phenoxy) is 1. The number of nitrogens with zero attached hydrogens (tertiary/aromatic N) is 3. The number of hydrogen-bond donors (Lipinski definition) is 1. The summed E-state index contributed by atoms with van der Waals surface area (Å²) in [4.78, 5) is 40.9. The summed E-state index contributed by atoms with van der Waals surface area (Å²) in [6, 6.07) is -0.0310. The van der Waals surface area contributed by atoms with Crippen LogP contribution >= 0.6 is 0 Å². The molecule has 2 rings (SSSR count). The molecule has 0 aromatic rings. The van der Waals surface area contributed by atoms with Crippen LogP contribution in [0.2, 0.25) is 0 Å². The molecule has 2 heterocycles. The van der Waals surface area contributed by atoms with Crippen molar-refractivity contribution in [2.24, 2.45) is 5.92 Å². The molecule has 2 saturated heterocycles. The standard InChI is InChI=1S/C17H29N3O5/c1-12(21)18-5-7-19(8-6-18)14-9-13(15(22)23)10-20(11-14)16(24)25-17(2,3)4/h13-14H,5-11H2,1-4H3,(H,22,23)/t13-,14+/m1/s1. The summed E-state index contributed by atoms with van der Waals surface area (Å²) in [7, 11) is 0. The predicted octanol–water partition coefficient (Wildman–Crippen LogP) is 0.861. The van der Waals surface area contributed by atoms with Crippen molar-refractivity contribution < 1.29 is 24.2 Å². The van der Waals surface area contributed by atoms with E-state index >= 15 is 0 Å². The van der Waals surface area contributed by atoms with Crippen LogP contribution in [0.15, 0.2) is 0 Å². The van der Waals surface area contributed by atoms with E-state index in [1.807, 2.05) is 0 Å². The minimum atomic E-state index is -0.888. The van der Waals surface area contributed by atoms with Gasteiger partial charge in [-0.2, -0.15) is 0 Å². The molecule has 2 aliphatic heterocycles. The second-order valence-corrected chi connectivity index (χ2v) is 7.85. The third kappa shape index (κ3) is 5.32. The summed E-state index contributed by atoms with van der Waals surface area (Å²) < 4.78 is 5.41. The smallest absolute Gasteiger partial charge is 0.410 e. The second kappa shape index (κ2) is 7.59. The Hall–Kier alpha value is -1.83. The number of likely N-dealkylation sites (tertiary alicyclic amines) is 1. The molecule has 2 amide bonds. The van der Waals surface area contributed by atoms with E-state index < -0.39 is 23.6 Å². The summed E-state index contributed by atoms with van der Waals surface area (Å²) in [6.45, 7) is 10.2. The Labute approximate surface area is 148 Å². The van der Waals surface area contributed by atoms with Gasteiger partial charge in [-0.05, 0) is 27.2 Å². The van der Waals surface area contributed by atoms with Gasteiger partial charge in [0.15, 0.2) is 0 Å². The zero-order valence-corrected chi connectivity index (χ0v) is 15.5. The lowest BCUT2D eigenvalue weighted by Crippen LogP contribution is -2.59. The maximum Gasteiger partial charge on any atom is 0.410 e. The Morgan fingerprint density at radius 2 is 1.60 bits per heavy atom. The van der Waals surface area contributed by atoms with E-state index in [-0.39, 0.29) is 18.5 Å². The van der Waals surface area contributed by atoms with E-state index in [0.717, 1.165) is 0 Å². The van der Waals surface area contributed by atoms with Gasteiger partial charge in [0, 0.05) is 52.2 Å². The second-order valence-electron chi connectivity index (χ2n) is 7.85. The summed E-state index contributed by atoms with van der Waals surface area (Å²) in [6.07, 6.45) is 0.0418. The molecular weight excluding hydrogens is 326 g/mol. The van der Waals surface area contributed by atoms with E-state index in [1.54, 1.807) is 32.6 Å². The summed E-state index contributed by atoms with van der Waals surface area (Å²) in [5.41, 5.74) is -0.615. The highest BCUT2D eigenvalue weighted by molar-refractivity contribution is 5.74. The van der Waals surface area contributed by atoms with Crippen LogP contribution in [0.3, 0.4) is 0 Å². The zero-order valence-electron chi connectivity index (χ0n) is 15.5. The number of rotatable bonds is 2. The Kier molecular flexibility index (Phi) is 5.92. The Bertz CT molecular complexity index is 523. The monoisotopic (exact) mass is 355 g/mol. The molecule has 0 radical (unpaired) electrons. The van der Waals surface area contributed by atoms with Crippen LogP contribution < -0.4 is 0 Å². The number of carboxylic acids is 1. The van der Waals surface area contributed by atoms with Gasteiger partial charge in [0.25, 0.3) is 0 Å². The number of piperidine rings is 1. The first-order valence-corrected chi connectivity index (χ1v) is 8.77. The Balaban J connectivity index is 2.04. The number of carbonyl (C=O) groups excluding carboxylic acids is 2. The maximum atomic E-state index is 12.4. The molecule has 25 heavy (non-hydrogen) atoms. The fourth-order valence-electron chi connectivity index (χ4n) is 3.39. The number of hydrogen-bond acceptors (Lipinski definition) is 5.